The first-order valence-electron chi connectivity index (χ1n) is 4.65. The Morgan fingerprint density at radius 1 is 1.06 bits per heavy atom. The lowest BCUT2D eigenvalue weighted by atomic mass is 10.1. The SMILES string of the molecule is COc1cc(CC(F)(F)F)c(OC)cc1C. The second-order valence-electron chi connectivity index (χ2n) is 3.43. The topological polar surface area (TPSA) is 18.5 Å². The van der Waals surface area contributed by atoms with E-state index in [1.165, 1.54) is 20.3 Å². The van der Waals surface area contributed by atoms with Crippen LogP contribution in [0.1, 0.15) is 11.1 Å². The number of halogens is 3. The van der Waals surface area contributed by atoms with Crippen LogP contribution in [-0.4, -0.2) is 20.4 Å². The molecule has 0 amide bonds. The molecule has 0 fully saturated rings. The summed E-state index contributed by atoms with van der Waals surface area (Å²) in [5.74, 6) is 0.663. The Bertz CT molecular complexity index is 372. The first-order valence-corrected chi connectivity index (χ1v) is 4.65. The molecule has 1 aromatic carbocycles. The molecule has 2 nitrogen and oxygen atoms in total. The minimum Gasteiger partial charge on any atom is -0.496 e. The predicted octanol–water partition coefficient (Wildman–Crippen LogP) is 3.12. The zero-order valence-corrected chi connectivity index (χ0v) is 9.31. The third-order valence-electron chi connectivity index (χ3n) is 2.19. The van der Waals surface area contributed by atoms with Crippen LogP contribution >= 0.6 is 0 Å². The lowest BCUT2D eigenvalue weighted by Gasteiger charge is -2.14. The van der Waals surface area contributed by atoms with Crippen LogP contribution < -0.4 is 9.47 Å². The van der Waals surface area contributed by atoms with E-state index >= 15 is 0 Å². The van der Waals surface area contributed by atoms with E-state index in [0.29, 0.717) is 5.75 Å². The van der Waals surface area contributed by atoms with E-state index in [9.17, 15) is 13.2 Å². The van der Waals surface area contributed by atoms with Crippen molar-refractivity contribution in [2.45, 2.75) is 19.5 Å². The molecule has 16 heavy (non-hydrogen) atoms. The molecular weight excluding hydrogens is 221 g/mol. The zero-order valence-electron chi connectivity index (χ0n) is 9.31. The van der Waals surface area contributed by atoms with Crippen LogP contribution in [0.2, 0.25) is 0 Å². The molecule has 0 aliphatic heterocycles. The molecule has 0 aliphatic carbocycles. The number of ether oxygens (including phenoxy) is 2. The van der Waals surface area contributed by atoms with Gasteiger partial charge in [0.05, 0.1) is 20.6 Å². The highest BCUT2D eigenvalue weighted by Gasteiger charge is 2.29. The summed E-state index contributed by atoms with van der Waals surface area (Å²) in [5, 5.41) is 0. The van der Waals surface area contributed by atoms with Crippen molar-refractivity contribution in [1.82, 2.24) is 0 Å². The molecule has 5 heteroatoms. The van der Waals surface area contributed by atoms with Crippen LogP contribution in [-0.2, 0) is 6.42 Å². The Morgan fingerprint density at radius 2 is 1.62 bits per heavy atom. The smallest absolute Gasteiger partial charge is 0.393 e. The summed E-state index contributed by atoms with van der Waals surface area (Å²) in [6, 6.07) is 2.90. The van der Waals surface area contributed by atoms with Gasteiger partial charge in [-0.1, -0.05) is 0 Å². The molecule has 0 atom stereocenters. The van der Waals surface area contributed by atoms with Gasteiger partial charge in [0, 0.05) is 5.56 Å². The molecule has 0 saturated carbocycles. The fourth-order valence-electron chi connectivity index (χ4n) is 1.47. The Balaban J connectivity index is 3.15. The monoisotopic (exact) mass is 234 g/mol. The maximum atomic E-state index is 12.3. The highest BCUT2D eigenvalue weighted by molar-refractivity contribution is 5.46. The minimum atomic E-state index is -4.26. The molecule has 0 bridgehead atoms. The van der Waals surface area contributed by atoms with Crippen molar-refractivity contribution in [2.75, 3.05) is 14.2 Å². The molecule has 0 radical (unpaired) electrons. The van der Waals surface area contributed by atoms with E-state index in [1.807, 2.05) is 0 Å². The summed E-state index contributed by atoms with van der Waals surface area (Å²) >= 11 is 0. The number of benzene rings is 1. The Kier molecular flexibility index (Phi) is 3.67. The molecule has 1 rings (SSSR count). The van der Waals surface area contributed by atoms with Gasteiger partial charge in [0.1, 0.15) is 11.5 Å². The lowest BCUT2D eigenvalue weighted by Crippen LogP contribution is -2.12. The van der Waals surface area contributed by atoms with Crippen LogP contribution in [0.25, 0.3) is 0 Å². The Morgan fingerprint density at radius 3 is 2.06 bits per heavy atom. The van der Waals surface area contributed by atoms with Crippen LogP contribution in [0, 0.1) is 6.92 Å². The molecule has 0 aromatic heterocycles. The molecule has 0 saturated heterocycles. The van der Waals surface area contributed by atoms with Crippen LogP contribution in [0.5, 0.6) is 11.5 Å². The highest BCUT2D eigenvalue weighted by Crippen LogP contribution is 2.32. The van der Waals surface area contributed by atoms with Crippen LogP contribution in [0.4, 0.5) is 13.2 Å². The first kappa shape index (κ1) is 12.7. The van der Waals surface area contributed by atoms with Crippen LogP contribution in [0.15, 0.2) is 12.1 Å². The van der Waals surface area contributed by atoms with Gasteiger partial charge in [0.15, 0.2) is 0 Å². The molecule has 0 aliphatic rings. The average Bonchev–Trinajstić information content (AvgIpc) is 2.18. The van der Waals surface area contributed by atoms with E-state index in [0.717, 1.165) is 5.56 Å². The zero-order chi connectivity index (χ0) is 12.3. The quantitative estimate of drug-likeness (QED) is 0.800. The lowest BCUT2D eigenvalue weighted by molar-refractivity contribution is -0.127. The van der Waals surface area contributed by atoms with Crippen molar-refractivity contribution < 1.29 is 22.6 Å². The fourth-order valence-corrected chi connectivity index (χ4v) is 1.47. The molecular formula is C11H13F3O2. The summed E-state index contributed by atoms with van der Waals surface area (Å²) in [5.41, 5.74) is 0.822. The average molecular weight is 234 g/mol. The molecule has 0 heterocycles. The normalized spacial score (nSPS) is 11.4. The first-order chi connectivity index (χ1) is 7.37. The highest BCUT2D eigenvalue weighted by atomic mass is 19.4. The number of alkyl halides is 3. The largest absolute Gasteiger partial charge is 0.496 e. The third-order valence-corrected chi connectivity index (χ3v) is 2.19. The predicted molar refractivity (Wildman–Crippen MR) is 54.0 cm³/mol. The number of rotatable bonds is 3. The summed E-state index contributed by atoms with van der Waals surface area (Å²) in [6.07, 6.45) is -5.28. The van der Waals surface area contributed by atoms with Gasteiger partial charge < -0.3 is 9.47 Å². The fraction of sp³-hybridized carbons (Fsp3) is 0.455. The van der Waals surface area contributed by atoms with Gasteiger partial charge in [-0.2, -0.15) is 13.2 Å². The summed E-state index contributed by atoms with van der Waals surface area (Å²) in [7, 11) is 2.77. The standard InChI is InChI=1S/C11H13F3O2/c1-7-4-10(16-3)8(5-9(7)15-2)6-11(12,13)14/h4-5H,6H2,1-3H3. The Labute approximate surface area is 92.0 Å². The summed E-state index contributed by atoms with van der Waals surface area (Å²) in [4.78, 5) is 0. The maximum absolute atomic E-state index is 12.3. The van der Waals surface area contributed by atoms with Gasteiger partial charge >= 0.3 is 6.18 Å². The summed E-state index contributed by atoms with van der Waals surface area (Å²) in [6.45, 7) is 1.75. The van der Waals surface area contributed by atoms with Crippen molar-refractivity contribution in [1.29, 1.82) is 0 Å². The number of aryl methyl sites for hydroxylation is 1. The van der Waals surface area contributed by atoms with Gasteiger partial charge in [-0.25, -0.2) is 0 Å². The van der Waals surface area contributed by atoms with E-state index in [2.05, 4.69) is 0 Å². The van der Waals surface area contributed by atoms with Crippen molar-refractivity contribution in [3.8, 4) is 11.5 Å². The molecule has 1 aromatic rings. The molecule has 0 N–H and O–H groups in total. The number of hydrogen-bond acceptors (Lipinski definition) is 2. The van der Waals surface area contributed by atoms with E-state index in [4.69, 9.17) is 9.47 Å². The van der Waals surface area contributed by atoms with Crippen molar-refractivity contribution in [2.24, 2.45) is 0 Å². The van der Waals surface area contributed by atoms with E-state index in [-0.39, 0.29) is 11.3 Å². The van der Waals surface area contributed by atoms with E-state index < -0.39 is 12.6 Å². The molecule has 0 spiro atoms. The molecule has 0 unspecified atom stereocenters. The van der Waals surface area contributed by atoms with Crippen LogP contribution in [0.3, 0.4) is 0 Å². The van der Waals surface area contributed by atoms with Gasteiger partial charge in [-0.15, -0.1) is 0 Å². The number of hydrogen-bond donors (Lipinski definition) is 0. The second-order valence-corrected chi connectivity index (χ2v) is 3.43. The van der Waals surface area contributed by atoms with Crippen molar-refractivity contribution in [3.63, 3.8) is 0 Å². The maximum Gasteiger partial charge on any atom is 0.393 e. The van der Waals surface area contributed by atoms with Gasteiger partial charge in [0.25, 0.3) is 0 Å². The van der Waals surface area contributed by atoms with Crippen molar-refractivity contribution in [3.05, 3.63) is 23.3 Å². The van der Waals surface area contributed by atoms with Gasteiger partial charge in [-0.05, 0) is 24.6 Å². The molecule has 90 valence electrons. The Hall–Kier alpha value is -1.39. The van der Waals surface area contributed by atoms with Crippen molar-refractivity contribution >= 4 is 0 Å². The second kappa shape index (κ2) is 4.63. The van der Waals surface area contributed by atoms with E-state index in [1.54, 1.807) is 13.0 Å². The third kappa shape index (κ3) is 3.05. The van der Waals surface area contributed by atoms with Gasteiger partial charge in [-0.3, -0.25) is 0 Å². The van der Waals surface area contributed by atoms with Gasteiger partial charge in [0.2, 0.25) is 0 Å². The summed E-state index contributed by atoms with van der Waals surface area (Å²) < 4.78 is 46.8. The minimum absolute atomic E-state index is 0.0810. The number of methoxy groups -OCH3 is 2.